The van der Waals surface area contributed by atoms with E-state index in [1.54, 1.807) is 30.3 Å². The first kappa shape index (κ1) is 20.9. The van der Waals surface area contributed by atoms with Crippen molar-refractivity contribution in [1.82, 2.24) is 0 Å². The second kappa shape index (κ2) is 8.41. The molecule has 1 amide bonds. The molecule has 0 spiro atoms. The second-order valence-corrected chi connectivity index (χ2v) is 9.18. The lowest BCUT2D eigenvalue weighted by Crippen LogP contribution is -2.14. The molecular weight excluding hydrogens is 432 g/mol. The number of anilines is 2. The van der Waals surface area contributed by atoms with Crippen LogP contribution < -0.4 is 10.0 Å². The fraction of sp³-hybridized carbons (Fsp3) is 0.0417. The van der Waals surface area contributed by atoms with Crippen LogP contribution in [-0.2, 0) is 10.0 Å². The lowest BCUT2D eigenvalue weighted by atomic mass is 10.1. The van der Waals surface area contributed by atoms with Gasteiger partial charge in [0.25, 0.3) is 15.9 Å². The van der Waals surface area contributed by atoms with Crippen molar-refractivity contribution in [3.8, 4) is 0 Å². The first-order chi connectivity index (χ1) is 14.8. The van der Waals surface area contributed by atoms with Crippen LogP contribution in [0.15, 0.2) is 89.8 Å². The van der Waals surface area contributed by atoms with E-state index >= 15 is 0 Å². The normalized spacial score (nSPS) is 11.3. The van der Waals surface area contributed by atoms with Crippen molar-refractivity contribution in [2.75, 3.05) is 10.0 Å². The number of rotatable bonds is 5. The van der Waals surface area contributed by atoms with Crippen LogP contribution in [0.1, 0.15) is 15.9 Å². The summed E-state index contributed by atoms with van der Waals surface area (Å²) in [5.41, 5.74) is 2.27. The van der Waals surface area contributed by atoms with E-state index in [0.29, 0.717) is 22.0 Å². The predicted octanol–water partition coefficient (Wildman–Crippen LogP) is 5.85. The summed E-state index contributed by atoms with van der Waals surface area (Å²) in [6, 6.07) is 24.1. The van der Waals surface area contributed by atoms with Crippen molar-refractivity contribution in [3.05, 3.63) is 101 Å². The highest BCUT2D eigenvalue weighted by molar-refractivity contribution is 7.92. The van der Waals surface area contributed by atoms with Gasteiger partial charge in [-0.3, -0.25) is 9.52 Å². The highest BCUT2D eigenvalue weighted by Crippen LogP contribution is 2.26. The van der Waals surface area contributed by atoms with Crippen LogP contribution in [0, 0.1) is 6.92 Å². The highest BCUT2D eigenvalue weighted by atomic mass is 35.5. The lowest BCUT2D eigenvalue weighted by Gasteiger charge is -2.12. The maximum atomic E-state index is 12.9. The fourth-order valence-electron chi connectivity index (χ4n) is 3.24. The third-order valence-corrected chi connectivity index (χ3v) is 6.52. The monoisotopic (exact) mass is 450 g/mol. The molecule has 0 saturated carbocycles. The minimum atomic E-state index is -3.80. The maximum absolute atomic E-state index is 12.9. The van der Waals surface area contributed by atoms with Crippen LogP contribution in [-0.4, -0.2) is 14.3 Å². The maximum Gasteiger partial charge on any atom is 0.261 e. The molecule has 0 radical (unpaired) electrons. The number of carbonyl (C=O) groups is 1. The topological polar surface area (TPSA) is 75.3 Å². The molecule has 0 heterocycles. The summed E-state index contributed by atoms with van der Waals surface area (Å²) in [5, 5.41) is 4.84. The number of benzene rings is 4. The van der Waals surface area contributed by atoms with Crippen molar-refractivity contribution in [3.63, 3.8) is 0 Å². The standard InChI is InChI=1S/C24H19ClN2O3S/c1-16-9-14-21(22(25)15-16)24(28)26-18-10-12-19(13-11-18)31(29,30)27-23-8-4-6-17-5-2-3-7-20(17)23/h2-15,27H,1H3,(H,26,28). The summed E-state index contributed by atoms with van der Waals surface area (Å²) in [7, 11) is -3.80. The zero-order valence-corrected chi connectivity index (χ0v) is 18.2. The second-order valence-electron chi connectivity index (χ2n) is 7.09. The van der Waals surface area contributed by atoms with Crippen LogP contribution in [0.4, 0.5) is 11.4 Å². The Bertz CT molecular complexity index is 1380. The van der Waals surface area contributed by atoms with Gasteiger partial charge in [-0.25, -0.2) is 8.42 Å². The van der Waals surface area contributed by atoms with Gasteiger partial charge in [-0.1, -0.05) is 54.1 Å². The van der Waals surface area contributed by atoms with E-state index in [1.807, 2.05) is 37.3 Å². The number of sulfonamides is 1. The number of hydrogen-bond acceptors (Lipinski definition) is 3. The fourth-order valence-corrected chi connectivity index (χ4v) is 4.64. The number of aryl methyl sites for hydroxylation is 1. The summed E-state index contributed by atoms with van der Waals surface area (Å²) in [4.78, 5) is 12.6. The van der Waals surface area contributed by atoms with Gasteiger partial charge < -0.3 is 5.32 Å². The van der Waals surface area contributed by atoms with Gasteiger partial charge in [0.15, 0.2) is 0 Å². The van der Waals surface area contributed by atoms with Crippen molar-refractivity contribution < 1.29 is 13.2 Å². The third kappa shape index (κ3) is 4.55. The smallest absolute Gasteiger partial charge is 0.261 e. The molecule has 156 valence electrons. The number of carbonyl (C=O) groups excluding carboxylic acids is 1. The van der Waals surface area contributed by atoms with E-state index in [4.69, 9.17) is 11.6 Å². The SMILES string of the molecule is Cc1ccc(C(=O)Nc2ccc(S(=O)(=O)Nc3cccc4ccccc34)cc2)c(Cl)c1. The first-order valence-electron chi connectivity index (χ1n) is 9.52. The van der Waals surface area contributed by atoms with Crippen LogP contribution in [0.2, 0.25) is 5.02 Å². The Morgan fingerprint density at radius 2 is 1.58 bits per heavy atom. The van der Waals surface area contributed by atoms with Gasteiger partial charge in [0.1, 0.15) is 0 Å². The summed E-state index contributed by atoms with van der Waals surface area (Å²) in [6.45, 7) is 1.89. The Kier molecular flexibility index (Phi) is 5.67. The average molecular weight is 451 g/mol. The van der Waals surface area contributed by atoms with Crippen molar-refractivity contribution in [2.24, 2.45) is 0 Å². The quantitative estimate of drug-likeness (QED) is 0.400. The molecule has 4 aromatic carbocycles. The van der Waals surface area contributed by atoms with Crippen LogP contribution >= 0.6 is 11.6 Å². The van der Waals surface area contributed by atoms with E-state index in [-0.39, 0.29) is 10.8 Å². The molecule has 0 bridgehead atoms. The van der Waals surface area contributed by atoms with Crippen LogP contribution in [0.5, 0.6) is 0 Å². The summed E-state index contributed by atoms with van der Waals surface area (Å²) in [5.74, 6) is -0.366. The molecule has 7 heteroatoms. The Morgan fingerprint density at radius 1 is 0.871 bits per heavy atom. The van der Waals surface area contributed by atoms with Gasteiger partial charge >= 0.3 is 0 Å². The molecule has 5 nitrogen and oxygen atoms in total. The molecule has 0 atom stereocenters. The average Bonchev–Trinajstić information content (AvgIpc) is 2.74. The molecule has 0 aliphatic heterocycles. The molecule has 2 N–H and O–H groups in total. The molecular formula is C24H19ClN2O3S. The van der Waals surface area contributed by atoms with Crippen molar-refractivity contribution >= 4 is 49.7 Å². The van der Waals surface area contributed by atoms with Crippen molar-refractivity contribution in [1.29, 1.82) is 0 Å². The lowest BCUT2D eigenvalue weighted by molar-refractivity contribution is 0.102. The van der Waals surface area contributed by atoms with Gasteiger partial charge in [-0.2, -0.15) is 0 Å². The predicted molar refractivity (Wildman–Crippen MR) is 125 cm³/mol. The Morgan fingerprint density at radius 3 is 2.32 bits per heavy atom. The minimum Gasteiger partial charge on any atom is -0.322 e. The molecule has 0 aromatic heterocycles. The van der Waals surface area contributed by atoms with E-state index in [1.165, 1.54) is 24.3 Å². The van der Waals surface area contributed by atoms with Gasteiger partial charge in [0.2, 0.25) is 0 Å². The Balaban J connectivity index is 1.53. The first-order valence-corrected chi connectivity index (χ1v) is 11.4. The van der Waals surface area contributed by atoms with Gasteiger partial charge in [-0.15, -0.1) is 0 Å². The number of hydrogen-bond donors (Lipinski definition) is 2. The molecule has 31 heavy (non-hydrogen) atoms. The number of halogens is 1. The van der Waals surface area contributed by atoms with E-state index in [9.17, 15) is 13.2 Å². The molecule has 0 aliphatic carbocycles. The number of amides is 1. The van der Waals surface area contributed by atoms with Crippen molar-refractivity contribution in [2.45, 2.75) is 11.8 Å². The third-order valence-electron chi connectivity index (χ3n) is 4.83. The summed E-state index contributed by atoms with van der Waals surface area (Å²) >= 11 is 6.15. The van der Waals surface area contributed by atoms with Gasteiger partial charge in [-0.05, 0) is 60.3 Å². The Labute approximate surface area is 185 Å². The summed E-state index contributed by atoms with van der Waals surface area (Å²) in [6.07, 6.45) is 0. The number of nitrogens with one attached hydrogen (secondary N) is 2. The summed E-state index contributed by atoms with van der Waals surface area (Å²) < 4.78 is 28.4. The van der Waals surface area contributed by atoms with E-state index in [0.717, 1.165) is 16.3 Å². The molecule has 4 rings (SSSR count). The largest absolute Gasteiger partial charge is 0.322 e. The van der Waals surface area contributed by atoms with E-state index < -0.39 is 10.0 Å². The zero-order chi connectivity index (χ0) is 22.0. The zero-order valence-electron chi connectivity index (χ0n) is 16.6. The molecule has 0 unspecified atom stereocenters. The van der Waals surface area contributed by atoms with Gasteiger partial charge in [0.05, 0.1) is 21.2 Å². The van der Waals surface area contributed by atoms with Crippen LogP contribution in [0.3, 0.4) is 0 Å². The van der Waals surface area contributed by atoms with E-state index in [2.05, 4.69) is 10.0 Å². The molecule has 0 aliphatic rings. The molecule has 4 aromatic rings. The van der Waals surface area contributed by atoms with Gasteiger partial charge in [0, 0.05) is 11.1 Å². The number of fused-ring (bicyclic) bond motifs is 1. The highest BCUT2D eigenvalue weighted by Gasteiger charge is 2.16. The molecule has 0 saturated heterocycles. The minimum absolute atomic E-state index is 0.0896. The van der Waals surface area contributed by atoms with Crippen LogP contribution in [0.25, 0.3) is 10.8 Å². The molecule has 0 fully saturated rings. The Hall–Kier alpha value is -3.35.